The van der Waals surface area contributed by atoms with Crippen LogP contribution < -0.4 is 32.2 Å². The molecule has 216 valence electrons. The third-order valence-corrected chi connectivity index (χ3v) is 6.37. The fraction of sp³-hybridized carbons (Fsp3) is 0.571. The summed E-state index contributed by atoms with van der Waals surface area (Å²) in [7, 11) is 1.63. The molecule has 1 unspecified atom stereocenters. The SMILES string of the molecule is COc1cc(NC(C)CCCNC(=O)C[C@@H](NC(=O)[C@@H](N)CCCN)C(=O)O)c2nc(C(C)(C)C)ccc2c1. The van der Waals surface area contributed by atoms with Crippen molar-refractivity contribution in [3.8, 4) is 5.75 Å². The maximum atomic E-state index is 12.3. The minimum Gasteiger partial charge on any atom is -0.497 e. The molecule has 3 atom stereocenters. The Morgan fingerprint density at radius 3 is 2.46 bits per heavy atom. The first kappa shape index (κ1) is 31.8. The molecule has 0 bridgehead atoms. The standard InChI is InChI=1S/C28H44N6O5/c1-17(32-21-15-19(39-5)14-18-10-11-23(28(2,3)4)34-25(18)21)8-7-13-31-24(35)16-22(27(37)38)33-26(36)20(30)9-6-12-29/h10-11,14-15,17,20,22,32H,6-9,12-13,16,29-30H2,1-5H3,(H,31,35)(H,33,36)(H,37,38)/t17?,20-,22+/m0/s1. The van der Waals surface area contributed by atoms with E-state index in [2.05, 4.69) is 42.8 Å². The number of nitrogens with two attached hydrogens (primary N) is 2. The van der Waals surface area contributed by atoms with E-state index in [9.17, 15) is 19.5 Å². The average molecular weight is 545 g/mol. The van der Waals surface area contributed by atoms with Crippen molar-refractivity contribution in [3.63, 3.8) is 0 Å². The number of carbonyl (C=O) groups is 3. The number of amides is 2. The number of aromatic nitrogens is 1. The van der Waals surface area contributed by atoms with Crippen molar-refractivity contribution in [1.29, 1.82) is 0 Å². The predicted octanol–water partition coefficient (Wildman–Crippen LogP) is 2.26. The lowest BCUT2D eigenvalue weighted by atomic mass is 9.91. The van der Waals surface area contributed by atoms with Gasteiger partial charge in [0.2, 0.25) is 11.8 Å². The van der Waals surface area contributed by atoms with Crippen LogP contribution in [0, 0.1) is 0 Å². The lowest BCUT2D eigenvalue weighted by molar-refractivity contribution is -0.143. The highest BCUT2D eigenvalue weighted by Gasteiger charge is 2.25. The molecule has 0 aliphatic rings. The Morgan fingerprint density at radius 2 is 1.85 bits per heavy atom. The first-order valence-electron chi connectivity index (χ1n) is 13.4. The smallest absolute Gasteiger partial charge is 0.326 e. The number of anilines is 1. The zero-order valence-electron chi connectivity index (χ0n) is 23.7. The van der Waals surface area contributed by atoms with Crippen LogP contribution in [0.2, 0.25) is 0 Å². The number of nitrogens with zero attached hydrogens (tertiary/aromatic N) is 1. The van der Waals surface area contributed by atoms with E-state index in [4.69, 9.17) is 21.2 Å². The Kier molecular flexibility index (Phi) is 11.9. The van der Waals surface area contributed by atoms with Gasteiger partial charge in [0.05, 0.1) is 30.8 Å². The number of aliphatic carboxylic acids is 1. The molecule has 2 aromatic rings. The van der Waals surface area contributed by atoms with Crippen LogP contribution in [0.5, 0.6) is 5.75 Å². The number of hydrogen-bond acceptors (Lipinski definition) is 8. The number of rotatable bonds is 15. The Morgan fingerprint density at radius 1 is 1.13 bits per heavy atom. The Bertz CT molecular complexity index is 1130. The van der Waals surface area contributed by atoms with E-state index < -0.39 is 29.9 Å². The largest absolute Gasteiger partial charge is 0.497 e. The van der Waals surface area contributed by atoms with Crippen molar-refractivity contribution in [3.05, 3.63) is 30.0 Å². The predicted molar refractivity (Wildman–Crippen MR) is 153 cm³/mol. The first-order chi connectivity index (χ1) is 18.3. The second kappa shape index (κ2) is 14.6. The number of methoxy groups -OCH3 is 1. The fourth-order valence-corrected chi connectivity index (χ4v) is 4.03. The van der Waals surface area contributed by atoms with E-state index in [1.54, 1.807) is 7.11 Å². The number of ether oxygens (including phenoxy) is 1. The van der Waals surface area contributed by atoms with Gasteiger partial charge in [-0.25, -0.2) is 4.79 Å². The summed E-state index contributed by atoms with van der Waals surface area (Å²) in [4.78, 5) is 40.9. The average Bonchev–Trinajstić information content (AvgIpc) is 2.88. The Balaban J connectivity index is 1.91. The van der Waals surface area contributed by atoms with Gasteiger partial charge in [0.25, 0.3) is 0 Å². The van der Waals surface area contributed by atoms with Crippen LogP contribution in [0.4, 0.5) is 5.69 Å². The quantitative estimate of drug-likeness (QED) is 0.183. The number of carboxylic acid groups (broad SMARTS) is 1. The summed E-state index contributed by atoms with van der Waals surface area (Å²) < 4.78 is 5.47. The van der Waals surface area contributed by atoms with Crippen LogP contribution in [0.15, 0.2) is 24.3 Å². The summed E-state index contributed by atoms with van der Waals surface area (Å²) in [5.41, 5.74) is 13.8. The molecule has 2 rings (SSSR count). The summed E-state index contributed by atoms with van der Waals surface area (Å²) in [5.74, 6) is -1.64. The molecule has 11 heteroatoms. The van der Waals surface area contributed by atoms with Gasteiger partial charge in [-0.3, -0.25) is 14.6 Å². The van der Waals surface area contributed by atoms with Crippen molar-refractivity contribution in [2.24, 2.45) is 11.5 Å². The van der Waals surface area contributed by atoms with Gasteiger partial charge in [0.1, 0.15) is 11.8 Å². The number of fused-ring (bicyclic) bond motifs is 1. The topological polar surface area (TPSA) is 182 Å². The van der Waals surface area contributed by atoms with E-state index >= 15 is 0 Å². The second-order valence-corrected chi connectivity index (χ2v) is 10.9. The molecule has 2 amide bonds. The monoisotopic (exact) mass is 544 g/mol. The van der Waals surface area contributed by atoms with Crippen molar-refractivity contribution >= 4 is 34.4 Å². The number of carbonyl (C=O) groups excluding carboxylic acids is 2. The third kappa shape index (κ3) is 9.99. The van der Waals surface area contributed by atoms with Crippen LogP contribution in [-0.2, 0) is 19.8 Å². The zero-order chi connectivity index (χ0) is 29.2. The van der Waals surface area contributed by atoms with E-state index in [-0.39, 0.29) is 17.9 Å². The maximum absolute atomic E-state index is 12.3. The number of carboxylic acids is 1. The lowest BCUT2D eigenvalue weighted by Gasteiger charge is -2.21. The number of pyridine rings is 1. The van der Waals surface area contributed by atoms with Gasteiger partial charge in [-0.1, -0.05) is 26.8 Å². The maximum Gasteiger partial charge on any atom is 0.326 e. The van der Waals surface area contributed by atoms with Crippen molar-refractivity contribution < 1.29 is 24.2 Å². The Labute approximate surface area is 230 Å². The molecular formula is C28H44N6O5. The summed E-state index contributed by atoms with van der Waals surface area (Å²) in [5, 5.41) is 19.0. The summed E-state index contributed by atoms with van der Waals surface area (Å²) in [6, 6.07) is 5.83. The minimum atomic E-state index is -1.35. The van der Waals surface area contributed by atoms with Crippen molar-refractivity contribution in [2.75, 3.05) is 25.5 Å². The number of hydrogen-bond donors (Lipinski definition) is 6. The van der Waals surface area contributed by atoms with E-state index in [0.717, 1.165) is 34.5 Å². The van der Waals surface area contributed by atoms with Gasteiger partial charge in [-0.2, -0.15) is 0 Å². The molecule has 1 heterocycles. The molecule has 0 aliphatic carbocycles. The van der Waals surface area contributed by atoms with E-state index in [1.165, 1.54) is 0 Å². The Hall–Kier alpha value is -3.44. The van der Waals surface area contributed by atoms with Gasteiger partial charge in [0, 0.05) is 35.1 Å². The highest BCUT2D eigenvalue weighted by Crippen LogP contribution is 2.31. The molecule has 39 heavy (non-hydrogen) atoms. The first-order valence-corrected chi connectivity index (χ1v) is 13.4. The van der Waals surface area contributed by atoms with Crippen LogP contribution >= 0.6 is 0 Å². The molecule has 0 saturated carbocycles. The summed E-state index contributed by atoms with van der Waals surface area (Å²) in [6.07, 6.45) is 1.91. The third-order valence-electron chi connectivity index (χ3n) is 6.37. The number of nitrogens with one attached hydrogen (secondary N) is 3. The molecule has 0 radical (unpaired) electrons. The van der Waals surface area contributed by atoms with Gasteiger partial charge in [0.15, 0.2) is 0 Å². The highest BCUT2D eigenvalue weighted by molar-refractivity contribution is 5.92. The van der Waals surface area contributed by atoms with Gasteiger partial charge in [-0.05, 0) is 51.3 Å². The van der Waals surface area contributed by atoms with Crippen LogP contribution in [0.3, 0.4) is 0 Å². The molecule has 0 fully saturated rings. The van der Waals surface area contributed by atoms with Crippen molar-refractivity contribution in [1.82, 2.24) is 15.6 Å². The lowest BCUT2D eigenvalue weighted by Crippen LogP contribution is -2.50. The van der Waals surface area contributed by atoms with E-state index in [1.807, 2.05) is 25.1 Å². The minimum absolute atomic E-state index is 0.0679. The number of benzene rings is 1. The summed E-state index contributed by atoms with van der Waals surface area (Å²) >= 11 is 0. The molecule has 1 aromatic carbocycles. The molecule has 1 aromatic heterocycles. The fourth-order valence-electron chi connectivity index (χ4n) is 4.03. The highest BCUT2D eigenvalue weighted by atomic mass is 16.5. The van der Waals surface area contributed by atoms with Gasteiger partial charge < -0.3 is 37.3 Å². The van der Waals surface area contributed by atoms with Crippen LogP contribution in [0.25, 0.3) is 10.9 Å². The second-order valence-electron chi connectivity index (χ2n) is 10.9. The molecule has 0 spiro atoms. The molecule has 0 aliphatic heterocycles. The molecule has 11 nitrogen and oxygen atoms in total. The molecule has 8 N–H and O–H groups in total. The van der Waals surface area contributed by atoms with Gasteiger partial charge in [-0.15, -0.1) is 0 Å². The van der Waals surface area contributed by atoms with Crippen LogP contribution in [0.1, 0.15) is 65.5 Å². The molecule has 0 saturated heterocycles. The van der Waals surface area contributed by atoms with E-state index in [0.29, 0.717) is 32.4 Å². The zero-order valence-corrected chi connectivity index (χ0v) is 23.7. The normalized spacial score (nSPS) is 13.8. The summed E-state index contributed by atoms with van der Waals surface area (Å²) in [6.45, 7) is 9.17. The molecular weight excluding hydrogens is 500 g/mol. The van der Waals surface area contributed by atoms with Crippen molar-refractivity contribution in [2.45, 2.75) is 83.3 Å². The van der Waals surface area contributed by atoms with Crippen LogP contribution in [-0.4, -0.2) is 66.2 Å². The van der Waals surface area contributed by atoms with Gasteiger partial charge >= 0.3 is 5.97 Å².